The molecule has 0 saturated carbocycles. The maximum atomic E-state index is 5.94. The lowest BCUT2D eigenvalue weighted by atomic mass is 9.99. The molecule has 0 bridgehead atoms. The van der Waals surface area contributed by atoms with Crippen LogP contribution in [0.25, 0.3) is 10.9 Å². The minimum atomic E-state index is 0. The van der Waals surface area contributed by atoms with Gasteiger partial charge in [0.15, 0.2) is 0 Å². The average molecular weight is 385 g/mol. The summed E-state index contributed by atoms with van der Waals surface area (Å²) >= 11 is 0. The van der Waals surface area contributed by atoms with Gasteiger partial charge in [-0.15, -0.1) is 12.4 Å². The summed E-state index contributed by atoms with van der Waals surface area (Å²) < 4.78 is 5.94. The van der Waals surface area contributed by atoms with Crippen molar-refractivity contribution in [1.29, 1.82) is 0 Å². The molecular weight excluding hydrogens is 356 g/mol. The van der Waals surface area contributed by atoms with Gasteiger partial charge in [-0.05, 0) is 67.1 Å². The van der Waals surface area contributed by atoms with Crippen LogP contribution in [0.4, 0.5) is 0 Å². The molecule has 0 unspecified atom stereocenters. The number of aromatic amines is 1. The molecule has 1 aliphatic heterocycles. The Bertz CT molecular complexity index is 870. The normalized spacial score (nSPS) is 13.7. The Kier molecular flexibility index (Phi) is 6.81. The summed E-state index contributed by atoms with van der Waals surface area (Å²) in [5.74, 6) is 0.974. The van der Waals surface area contributed by atoms with Crippen LogP contribution in [-0.4, -0.2) is 24.7 Å². The maximum Gasteiger partial charge on any atom is 0.119 e. The molecule has 3 nitrogen and oxygen atoms in total. The van der Waals surface area contributed by atoms with Crippen molar-refractivity contribution in [3.05, 3.63) is 64.8 Å². The Morgan fingerprint density at radius 2 is 1.81 bits per heavy atom. The lowest BCUT2D eigenvalue weighted by Crippen LogP contribution is -2.16. The zero-order chi connectivity index (χ0) is 17.8. The third kappa shape index (κ3) is 4.48. The van der Waals surface area contributed by atoms with Crippen molar-refractivity contribution in [3.63, 3.8) is 0 Å². The van der Waals surface area contributed by atoms with Gasteiger partial charge in [0.1, 0.15) is 5.75 Å². The van der Waals surface area contributed by atoms with Gasteiger partial charge >= 0.3 is 0 Å². The SMILES string of the molecule is CCc1ccc(OCCCc2cccc3[nH]c4c(c23)CCNCC4)cc1.Cl. The zero-order valence-electron chi connectivity index (χ0n) is 16.0. The van der Waals surface area contributed by atoms with E-state index < -0.39 is 0 Å². The highest BCUT2D eigenvalue weighted by Gasteiger charge is 2.16. The van der Waals surface area contributed by atoms with Gasteiger partial charge in [-0.3, -0.25) is 0 Å². The fraction of sp³-hybridized carbons (Fsp3) is 0.391. The Balaban J connectivity index is 0.00000210. The first-order chi connectivity index (χ1) is 12.8. The molecule has 0 saturated heterocycles. The molecule has 0 spiro atoms. The van der Waals surface area contributed by atoms with Crippen LogP contribution in [0.1, 0.15) is 35.7 Å². The first-order valence-corrected chi connectivity index (χ1v) is 9.89. The number of nitrogens with one attached hydrogen (secondary N) is 2. The molecule has 2 N–H and O–H groups in total. The van der Waals surface area contributed by atoms with E-state index in [1.807, 2.05) is 0 Å². The highest BCUT2D eigenvalue weighted by molar-refractivity contribution is 5.88. The topological polar surface area (TPSA) is 37.0 Å². The van der Waals surface area contributed by atoms with Gasteiger partial charge in [-0.25, -0.2) is 0 Å². The van der Waals surface area contributed by atoms with Gasteiger partial charge in [-0.2, -0.15) is 0 Å². The molecule has 0 amide bonds. The van der Waals surface area contributed by atoms with Crippen LogP contribution in [0.3, 0.4) is 0 Å². The van der Waals surface area contributed by atoms with Crippen LogP contribution in [0, 0.1) is 0 Å². The summed E-state index contributed by atoms with van der Waals surface area (Å²) in [6, 6.07) is 15.1. The Labute approximate surface area is 167 Å². The number of aromatic nitrogens is 1. The van der Waals surface area contributed by atoms with Gasteiger partial charge in [0.05, 0.1) is 6.61 Å². The average Bonchev–Trinajstić information content (AvgIpc) is 2.88. The number of hydrogen-bond donors (Lipinski definition) is 2. The van der Waals surface area contributed by atoms with Gasteiger partial charge in [0, 0.05) is 29.6 Å². The second kappa shape index (κ2) is 9.29. The number of H-pyrrole nitrogens is 1. The van der Waals surface area contributed by atoms with Crippen LogP contribution >= 0.6 is 12.4 Å². The summed E-state index contributed by atoms with van der Waals surface area (Å²) in [6.45, 7) is 5.08. The first kappa shape index (κ1) is 19.8. The zero-order valence-corrected chi connectivity index (χ0v) is 16.8. The summed E-state index contributed by atoms with van der Waals surface area (Å²) in [5, 5.41) is 4.96. The summed E-state index contributed by atoms with van der Waals surface area (Å²) in [5.41, 5.74) is 7.05. The molecule has 4 heteroatoms. The van der Waals surface area contributed by atoms with Gasteiger partial charge < -0.3 is 15.0 Å². The summed E-state index contributed by atoms with van der Waals surface area (Å²) in [7, 11) is 0. The molecule has 4 rings (SSSR count). The van der Waals surface area contributed by atoms with E-state index in [2.05, 4.69) is 59.7 Å². The summed E-state index contributed by atoms with van der Waals surface area (Å²) in [6.07, 6.45) is 5.38. The minimum absolute atomic E-state index is 0. The molecule has 2 heterocycles. The van der Waals surface area contributed by atoms with Crippen LogP contribution in [-0.2, 0) is 25.7 Å². The van der Waals surface area contributed by atoms with E-state index in [0.717, 1.165) is 57.6 Å². The molecule has 144 valence electrons. The molecular formula is C23H29ClN2O. The monoisotopic (exact) mass is 384 g/mol. The third-order valence-electron chi connectivity index (χ3n) is 5.40. The molecule has 0 radical (unpaired) electrons. The number of rotatable bonds is 6. The Morgan fingerprint density at radius 1 is 1.00 bits per heavy atom. The van der Waals surface area contributed by atoms with Crippen molar-refractivity contribution in [3.8, 4) is 5.75 Å². The number of hydrogen-bond acceptors (Lipinski definition) is 2. The predicted octanol–water partition coefficient (Wildman–Crippen LogP) is 4.85. The van der Waals surface area contributed by atoms with Crippen molar-refractivity contribution in [1.82, 2.24) is 10.3 Å². The largest absolute Gasteiger partial charge is 0.494 e. The van der Waals surface area contributed by atoms with Crippen LogP contribution in [0.15, 0.2) is 42.5 Å². The van der Waals surface area contributed by atoms with E-state index in [-0.39, 0.29) is 12.4 Å². The maximum absolute atomic E-state index is 5.94. The highest BCUT2D eigenvalue weighted by atomic mass is 35.5. The third-order valence-corrected chi connectivity index (χ3v) is 5.40. The molecule has 0 fully saturated rings. The van der Waals surface area contributed by atoms with Gasteiger partial charge in [-0.1, -0.05) is 31.2 Å². The molecule has 27 heavy (non-hydrogen) atoms. The highest BCUT2D eigenvalue weighted by Crippen LogP contribution is 2.28. The Morgan fingerprint density at radius 3 is 2.63 bits per heavy atom. The minimum Gasteiger partial charge on any atom is -0.494 e. The standard InChI is InChI=1S/C23H28N2O.ClH/c1-2-17-8-10-19(11-9-17)26-16-4-6-18-5-3-7-22-23(18)20-12-14-24-15-13-21(20)25-22;/h3,5,7-11,24-25H,2,4,6,12-16H2,1H3;1H. The smallest absolute Gasteiger partial charge is 0.119 e. The fourth-order valence-electron chi connectivity index (χ4n) is 3.97. The van der Waals surface area contributed by atoms with Crippen LogP contribution in [0.5, 0.6) is 5.75 Å². The number of aryl methyl sites for hydroxylation is 2. The van der Waals surface area contributed by atoms with Gasteiger partial charge in [0.25, 0.3) is 0 Å². The van der Waals surface area contributed by atoms with Crippen LogP contribution < -0.4 is 10.1 Å². The Hall–Kier alpha value is -1.97. The molecule has 0 atom stereocenters. The molecule has 1 aromatic heterocycles. The van der Waals surface area contributed by atoms with E-state index in [9.17, 15) is 0 Å². The molecule has 3 aromatic rings. The van der Waals surface area contributed by atoms with Gasteiger partial charge in [0.2, 0.25) is 0 Å². The second-order valence-corrected chi connectivity index (χ2v) is 7.12. The lowest BCUT2D eigenvalue weighted by Gasteiger charge is -2.09. The second-order valence-electron chi connectivity index (χ2n) is 7.12. The first-order valence-electron chi connectivity index (χ1n) is 9.89. The van der Waals surface area contributed by atoms with E-state index >= 15 is 0 Å². The number of benzene rings is 2. The molecule has 1 aliphatic rings. The fourth-order valence-corrected chi connectivity index (χ4v) is 3.97. The van der Waals surface area contributed by atoms with E-state index in [1.165, 1.54) is 33.3 Å². The number of ether oxygens (including phenoxy) is 1. The lowest BCUT2D eigenvalue weighted by molar-refractivity contribution is 0.311. The van der Waals surface area contributed by atoms with Crippen molar-refractivity contribution < 1.29 is 4.74 Å². The van der Waals surface area contributed by atoms with Crippen molar-refractivity contribution >= 4 is 23.3 Å². The van der Waals surface area contributed by atoms with E-state index in [0.29, 0.717) is 0 Å². The van der Waals surface area contributed by atoms with E-state index in [1.54, 1.807) is 0 Å². The number of halogens is 1. The van der Waals surface area contributed by atoms with E-state index in [4.69, 9.17) is 4.74 Å². The summed E-state index contributed by atoms with van der Waals surface area (Å²) in [4.78, 5) is 3.65. The van der Waals surface area contributed by atoms with Crippen LogP contribution in [0.2, 0.25) is 0 Å². The predicted molar refractivity (Wildman–Crippen MR) is 115 cm³/mol. The molecule has 2 aromatic carbocycles. The van der Waals surface area contributed by atoms with Crippen molar-refractivity contribution in [2.24, 2.45) is 0 Å². The quantitative estimate of drug-likeness (QED) is 0.596. The van der Waals surface area contributed by atoms with Crippen molar-refractivity contribution in [2.45, 2.75) is 39.0 Å². The molecule has 0 aliphatic carbocycles. The van der Waals surface area contributed by atoms with Crippen molar-refractivity contribution in [2.75, 3.05) is 19.7 Å². The number of fused-ring (bicyclic) bond motifs is 3.